The van der Waals surface area contributed by atoms with Crippen molar-refractivity contribution in [2.24, 2.45) is 0 Å². The number of anilines is 3. The maximum absolute atomic E-state index is 13.4. The van der Waals surface area contributed by atoms with E-state index in [4.69, 9.17) is 4.74 Å². The first-order valence-electron chi connectivity index (χ1n) is 9.73. The van der Waals surface area contributed by atoms with Gasteiger partial charge in [0.05, 0.1) is 5.69 Å². The number of benzene rings is 1. The predicted octanol–water partition coefficient (Wildman–Crippen LogP) is 3.39. The molecule has 1 aromatic carbocycles. The van der Waals surface area contributed by atoms with Crippen molar-refractivity contribution < 1.29 is 22.7 Å². The third-order valence-corrected chi connectivity index (χ3v) is 5.59. The van der Waals surface area contributed by atoms with Crippen molar-refractivity contribution in [2.45, 2.75) is 51.3 Å². The lowest BCUT2D eigenvalue weighted by Crippen LogP contribution is -2.45. The van der Waals surface area contributed by atoms with Crippen molar-refractivity contribution in [1.29, 1.82) is 0 Å². The fraction of sp³-hybridized carbons (Fsp3) is 0.450. The number of fused-ring (bicyclic) bond motifs is 1. The summed E-state index contributed by atoms with van der Waals surface area (Å²) >= 11 is 0. The molecule has 1 aliphatic carbocycles. The Labute approximate surface area is 171 Å². The highest BCUT2D eigenvalue weighted by molar-refractivity contribution is 6.03. The van der Waals surface area contributed by atoms with Gasteiger partial charge in [0.2, 0.25) is 11.9 Å². The standard InChI is InChI=1S/C20H22F3N5O2/c1-9-17-18(28(3)10(2)19(29)26-17)27-20(24-9)25-11-4-5-12(6-11)30-13-7-14(21)16(23)15(22)8-13/h7-8,10-12H,4-6H2,1-3H3,(H,26,29)(H,24,25,27)/t10-,11-,12-/m0/s1. The second-order valence-corrected chi connectivity index (χ2v) is 7.70. The number of aryl methyl sites for hydroxylation is 1. The van der Waals surface area contributed by atoms with Gasteiger partial charge in [-0.1, -0.05) is 0 Å². The molecule has 1 fully saturated rings. The summed E-state index contributed by atoms with van der Waals surface area (Å²) in [5.74, 6) is -3.14. The van der Waals surface area contributed by atoms with Gasteiger partial charge in [0, 0.05) is 31.6 Å². The number of hydrogen-bond acceptors (Lipinski definition) is 6. The van der Waals surface area contributed by atoms with Crippen LogP contribution in [0.2, 0.25) is 0 Å². The lowest BCUT2D eigenvalue weighted by Gasteiger charge is -2.32. The molecule has 4 rings (SSSR count). The number of nitrogens with zero attached hydrogens (tertiary/aromatic N) is 3. The van der Waals surface area contributed by atoms with Gasteiger partial charge in [0.1, 0.15) is 23.6 Å². The SMILES string of the molecule is Cc1nc(N[C@H]2CC[C@H](Oc3cc(F)c(F)c(F)c3)C2)nc2c1NC(=O)[C@H](C)N2C. The Morgan fingerprint density at radius 1 is 1.20 bits per heavy atom. The van der Waals surface area contributed by atoms with E-state index < -0.39 is 17.5 Å². The van der Waals surface area contributed by atoms with Crippen LogP contribution in [0.5, 0.6) is 5.75 Å². The third kappa shape index (κ3) is 3.73. The zero-order valence-corrected chi connectivity index (χ0v) is 16.8. The Morgan fingerprint density at radius 3 is 2.60 bits per heavy atom. The van der Waals surface area contributed by atoms with Crippen LogP contribution in [0.25, 0.3) is 0 Å². The maximum Gasteiger partial charge on any atom is 0.246 e. The minimum absolute atomic E-state index is 0.00324. The van der Waals surface area contributed by atoms with Crippen LogP contribution in [0.3, 0.4) is 0 Å². The fourth-order valence-corrected chi connectivity index (χ4v) is 3.76. The van der Waals surface area contributed by atoms with Crippen molar-refractivity contribution >= 4 is 23.4 Å². The predicted molar refractivity (Wildman–Crippen MR) is 105 cm³/mol. The lowest BCUT2D eigenvalue weighted by molar-refractivity contribution is -0.117. The van der Waals surface area contributed by atoms with Gasteiger partial charge in [-0.05, 0) is 26.7 Å². The number of likely N-dealkylation sites (N-methyl/N-ethyl adjacent to an activating group) is 1. The molecule has 1 amide bonds. The van der Waals surface area contributed by atoms with Crippen LogP contribution >= 0.6 is 0 Å². The van der Waals surface area contributed by atoms with E-state index in [2.05, 4.69) is 20.6 Å². The van der Waals surface area contributed by atoms with Crippen LogP contribution in [-0.4, -0.2) is 41.1 Å². The third-order valence-electron chi connectivity index (χ3n) is 5.59. The van der Waals surface area contributed by atoms with Crippen LogP contribution in [0.4, 0.5) is 30.6 Å². The molecule has 7 nitrogen and oxygen atoms in total. The first kappa shape index (κ1) is 20.2. The summed E-state index contributed by atoms with van der Waals surface area (Å²) in [6, 6.07) is 1.35. The van der Waals surface area contributed by atoms with Gasteiger partial charge in [-0.25, -0.2) is 18.2 Å². The molecule has 2 aromatic rings. The molecule has 10 heteroatoms. The van der Waals surface area contributed by atoms with Crippen molar-refractivity contribution in [3.63, 3.8) is 0 Å². The van der Waals surface area contributed by atoms with Gasteiger partial charge in [-0.2, -0.15) is 4.98 Å². The van der Waals surface area contributed by atoms with Crippen molar-refractivity contribution in [3.8, 4) is 5.75 Å². The number of nitrogens with one attached hydrogen (secondary N) is 2. The van der Waals surface area contributed by atoms with E-state index in [-0.39, 0.29) is 29.8 Å². The van der Waals surface area contributed by atoms with Gasteiger partial charge >= 0.3 is 0 Å². The molecule has 2 heterocycles. The molecule has 0 spiro atoms. The molecule has 0 bridgehead atoms. The quantitative estimate of drug-likeness (QED) is 0.737. The minimum Gasteiger partial charge on any atom is -0.490 e. The van der Waals surface area contributed by atoms with Crippen molar-refractivity contribution in [3.05, 3.63) is 35.3 Å². The monoisotopic (exact) mass is 421 g/mol. The fourth-order valence-electron chi connectivity index (χ4n) is 3.76. The van der Waals surface area contributed by atoms with Crippen LogP contribution in [-0.2, 0) is 4.79 Å². The molecule has 2 N–H and O–H groups in total. The maximum atomic E-state index is 13.4. The van der Waals surface area contributed by atoms with Crippen molar-refractivity contribution in [2.75, 3.05) is 22.6 Å². The van der Waals surface area contributed by atoms with E-state index in [1.54, 1.807) is 25.8 Å². The topological polar surface area (TPSA) is 79.4 Å². The van der Waals surface area contributed by atoms with Crippen LogP contribution < -0.4 is 20.3 Å². The summed E-state index contributed by atoms with van der Waals surface area (Å²) in [5.41, 5.74) is 1.25. The molecule has 0 saturated heterocycles. The number of amides is 1. The summed E-state index contributed by atoms with van der Waals surface area (Å²) < 4.78 is 45.5. The van der Waals surface area contributed by atoms with Gasteiger partial charge < -0.3 is 20.3 Å². The molecule has 3 atom stereocenters. The first-order chi connectivity index (χ1) is 14.2. The number of carbonyl (C=O) groups is 1. The normalized spacial score (nSPS) is 23.2. The van der Waals surface area contributed by atoms with Crippen LogP contribution in [0, 0.1) is 24.4 Å². The zero-order valence-electron chi connectivity index (χ0n) is 16.8. The van der Waals surface area contributed by atoms with E-state index >= 15 is 0 Å². The summed E-state index contributed by atoms with van der Waals surface area (Å²) in [6.07, 6.45) is 1.71. The Morgan fingerprint density at radius 2 is 1.90 bits per heavy atom. The molecule has 1 saturated carbocycles. The van der Waals surface area contributed by atoms with E-state index in [1.165, 1.54) is 0 Å². The molecule has 0 unspecified atom stereocenters. The first-order valence-corrected chi connectivity index (χ1v) is 9.73. The number of rotatable bonds is 4. The molecule has 160 valence electrons. The number of carbonyl (C=O) groups excluding carboxylic acids is 1. The summed E-state index contributed by atoms with van der Waals surface area (Å²) in [4.78, 5) is 22.8. The Bertz CT molecular complexity index is 980. The Balaban J connectivity index is 1.44. The van der Waals surface area contributed by atoms with Crippen molar-refractivity contribution in [1.82, 2.24) is 9.97 Å². The molecule has 1 aliphatic heterocycles. The summed E-state index contributed by atoms with van der Waals surface area (Å²) in [6.45, 7) is 3.59. The van der Waals surface area contributed by atoms with Gasteiger partial charge in [-0.3, -0.25) is 4.79 Å². The lowest BCUT2D eigenvalue weighted by atomic mass is 10.2. The molecule has 1 aromatic heterocycles. The average Bonchev–Trinajstić information content (AvgIpc) is 3.12. The second kappa shape index (κ2) is 7.66. The van der Waals surface area contributed by atoms with Gasteiger partial charge in [-0.15, -0.1) is 0 Å². The number of halogens is 3. The number of ether oxygens (including phenoxy) is 1. The van der Waals surface area contributed by atoms with Gasteiger partial charge in [0.25, 0.3) is 0 Å². The Hall–Kier alpha value is -3.04. The number of aromatic nitrogens is 2. The molecule has 30 heavy (non-hydrogen) atoms. The van der Waals surface area contributed by atoms with E-state index in [1.807, 2.05) is 0 Å². The van der Waals surface area contributed by atoms with E-state index in [0.29, 0.717) is 36.0 Å². The smallest absolute Gasteiger partial charge is 0.246 e. The zero-order chi connectivity index (χ0) is 21.6. The average molecular weight is 421 g/mol. The van der Waals surface area contributed by atoms with E-state index in [0.717, 1.165) is 18.6 Å². The molecular weight excluding hydrogens is 399 g/mol. The minimum atomic E-state index is -1.51. The summed E-state index contributed by atoms with van der Waals surface area (Å²) in [7, 11) is 1.80. The molecule has 2 aliphatic rings. The molecular formula is C20H22F3N5O2. The van der Waals surface area contributed by atoms with Crippen LogP contribution in [0.1, 0.15) is 31.9 Å². The van der Waals surface area contributed by atoms with E-state index in [9.17, 15) is 18.0 Å². The Kier molecular flexibility index (Phi) is 5.17. The number of hydrogen-bond donors (Lipinski definition) is 2. The highest BCUT2D eigenvalue weighted by Gasteiger charge is 2.32. The summed E-state index contributed by atoms with van der Waals surface area (Å²) in [5, 5.41) is 6.11. The largest absolute Gasteiger partial charge is 0.490 e. The second-order valence-electron chi connectivity index (χ2n) is 7.70. The van der Waals surface area contributed by atoms with Crippen LogP contribution in [0.15, 0.2) is 12.1 Å². The van der Waals surface area contributed by atoms with Gasteiger partial charge in [0.15, 0.2) is 23.3 Å². The highest BCUT2D eigenvalue weighted by atomic mass is 19.2. The highest BCUT2D eigenvalue weighted by Crippen LogP contribution is 2.33. The molecule has 0 radical (unpaired) electrons.